The van der Waals surface area contributed by atoms with E-state index in [1.807, 2.05) is 31.2 Å². The third-order valence-electron chi connectivity index (χ3n) is 5.55. The lowest BCUT2D eigenvalue weighted by Crippen LogP contribution is -2.42. The summed E-state index contributed by atoms with van der Waals surface area (Å²) in [6.45, 7) is 8.14. The lowest BCUT2D eigenvalue weighted by Gasteiger charge is -2.34. The number of piperidine rings is 1. The van der Waals surface area contributed by atoms with Gasteiger partial charge in [-0.25, -0.2) is 8.42 Å². The summed E-state index contributed by atoms with van der Waals surface area (Å²) in [6.07, 6.45) is 1.03. The predicted octanol–water partition coefficient (Wildman–Crippen LogP) is 4.02. The van der Waals surface area contributed by atoms with Crippen molar-refractivity contribution in [2.45, 2.75) is 38.6 Å². The van der Waals surface area contributed by atoms with Crippen molar-refractivity contribution in [1.82, 2.24) is 9.21 Å². The molecule has 2 aromatic rings. The van der Waals surface area contributed by atoms with Crippen LogP contribution in [0.15, 0.2) is 53.4 Å². The van der Waals surface area contributed by atoms with Gasteiger partial charge in [0.2, 0.25) is 10.0 Å². The van der Waals surface area contributed by atoms with Crippen LogP contribution in [0.2, 0.25) is 0 Å². The van der Waals surface area contributed by atoms with Crippen molar-refractivity contribution in [3.63, 3.8) is 0 Å². The molecule has 2 unspecified atom stereocenters. The van der Waals surface area contributed by atoms with Crippen LogP contribution in [0.5, 0.6) is 5.75 Å². The number of carbonyl (C=O) groups excluding carboxylic acids is 1. The molecule has 2 atom stereocenters. The fraction of sp³-hybridized carbons (Fsp3) is 0.458. The summed E-state index contributed by atoms with van der Waals surface area (Å²) in [7, 11) is -1.91. The van der Waals surface area contributed by atoms with Gasteiger partial charge in [-0.05, 0) is 61.1 Å². The first-order chi connectivity index (χ1) is 14.7. The van der Waals surface area contributed by atoms with Gasteiger partial charge >= 0.3 is 0 Å². The molecule has 0 bridgehead atoms. The standard InChI is InChI=1S/C24H32N2O4S/c1-5-30-22-11-9-20(10-12-22)17-25(4)24(27)21-7-6-8-23(14-21)31(28,29)26-15-18(2)13-19(3)16-26/h6-12,14,18-19H,5,13,15-17H2,1-4H3. The van der Waals surface area contributed by atoms with Gasteiger partial charge in [0.1, 0.15) is 5.75 Å². The van der Waals surface area contributed by atoms with Gasteiger partial charge in [-0.2, -0.15) is 4.31 Å². The zero-order valence-corrected chi connectivity index (χ0v) is 19.6. The second-order valence-electron chi connectivity index (χ2n) is 8.53. The molecule has 1 amide bonds. The molecule has 0 aliphatic carbocycles. The number of sulfonamides is 1. The van der Waals surface area contributed by atoms with E-state index in [9.17, 15) is 13.2 Å². The maximum Gasteiger partial charge on any atom is 0.253 e. The van der Waals surface area contributed by atoms with E-state index in [-0.39, 0.29) is 10.8 Å². The highest BCUT2D eigenvalue weighted by molar-refractivity contribution is 7.89. The second-order valence-corrected chi connectivity index (χ2v) is 10.5. The van der Waals surface area contributed by atoms with E-state index in [0.717, 1.165) is 17.7 Å². The van der Waals surface area contributed by atoms with Crippen LogP contribution in [-0.4, -0.2) is 50.3 Å². The van der Waals surface area contributed by atoms with Gasteiger partial charge in [0, 0.05) is 32.2 Å². The summed E-state index contributed by atoms with van der Waals surface area (Å²) in [6, 6.07) is 14.0. The number of nitrogens with zero attached hydrogens (tertiary/aromatic N) is 2. The number of amides is 1. The lowest BCUT2D eigenvalue weighted by molar-refractivity contribution is 0.0785. The highest BCUT2D eigenvalue weighted by atomic mass is 32.2. The third-order valence-corrected chi connectivity index (χ3v) is 7.38. The van der Waals surface area contributed by atoms with Crippen molar-refractivity contribution in [2.75, 3.05) is 26.7 Å². The maximum absolute atomic E-state index is 13.2. The largest absolute Gasteiger partial charge is 0.494 e. The average molecular weight is 445 g/mol. The number of benzene rings is 2. The number of hydrogen-bond donors (Lipinski definition) is 0. The smallest absolute Gasteiger partial charge is 0.253 e. The van der Waals surface area contributed by atoms with Crippen LogP contribution in [0.1, 0.15) is 43.1 Å². The van der Waals surface area contributed by atoms with Gasteiger partial charge in [0.05, 0.1) is 11.5 Å². The Morgan fingerprint density at radius 1 is 1.10 bits per heavy atom. The van der Waals surface area contributed by atoms with Crippen LogP contribution >= 0.6 is 0 Å². The first-order valence-electron chi connectivity index (χ1n) is 10.8. The molecule has 1 saturated heterocycles. The molecular weight excluding hydrogens is 412 g/mol. The molecule has 1 aliphatic heterocycles. The minimum absolute atomic E-state index is 0.175. The van der Waals surface area contributed by atoms with Crippen LogP contribution in [-0.2, 0) is 16.6 Å². The van der Waals surface area contributed by atoms with Gasteiger partial charge in [0.15, 0.2) is 0 Å². The molecule has 168 valence electrons. The van der Waals surface area contributed by atoms with Gasteiger partial charge in [-0.1, -0.05) is 32.0 Å². The number of rotatable bonds is 7. The molecule has 0 N–H and O–H groups in total. The van der Waals surface area contributed by atoms with Crippen LogP contribution < -0.4 is 4.74 Å². The third kappa shape index (κ3) is 5.66. The molecule has 6 nitrogen and oxygen atoms in total. The van der Waals surface area contributed by atoms with E-state index < -0.39 is 10.0 Å². The molecule has 31 heavy (non-hydrogen) atoms. The monoisotopic (exact) mass is 444 g/mol. The van der Waals surface area contributed by atoms with Gasteiger partial charge in [-0.15, -0.1) is 0 Å². The van der Waals surface area contributed by atoms with Crippen molar-refractivity contribution >= 4 is 15.9 Å². The molecule has 1 heterocycles. The van der Waals surface area contributed by atoms with Gasteiger partial charge in [0.25, 0.3) is 5.91 Å². The van der Waals surface area contributed by atoms with E-state index in [1.165, 1.54) is 6.07 Å². The first kappa shape index (κ1) is 23.3. The Hall–Kier alpha value is -2.38. The van der Waals surface area contributed by atoms with Crippen molar-refractivity contribution in [2.24, 2.45) is 11.8 Å². The van der Waals surface area contributed by atoms with E-state index in [4.69, 9.17) is 4.74 Å². The lowest BCUT2D eigenvalue weighted by atomic mass is 9.94. The summed E-state index contributed by atoms with van der Waals surface area (Å²) in [5, 5.41) is 0. The second kappa shape index (κ2) is 9.83. The summed E-state index contributed by atoms with van der Waals surface area (Å²) >= 11 is 0. The Labute approximate surface area is 185 Å². The Balaban J connectivity index is 1.74. The topological polar surface area (TPSA) is 66.9 Å². The maximum atomic E-state index is 13.2. The molecule has 0 spiro atoms. The number of hydrogen-bond acceptors (Lipinski definition) is 4. The molecule has 0 saturated carbocycles. The molecule has 3 rings (SSSR count). The molecule has 7 heteroatoms. The highest BCUT2D eigenvalue weighted by Gasteiger charge is 2.32. The Morgan fingerprint density at radius 2 is 1.74 bits per heavy atom. The number of carbonyl (C=O) groups is 1. The average Bonchev–Trinajstić information content (AvgIpc) is 2.74. The molecule has 2 aromatic carbocycles. The fourth-order valence-corrected chi connectivity index (χ4v) is 5.89. The molecular formula is C24H32N2O4S. The van der Waals surface area contributed by atoms with Crippen molar-refractivity contribution in [1.29, 1.82) is 0 Å². The Kier molecular flexibility index (Phi) is 7.38. The van der Waals surface area contributed by atoms with Crippen molar-refractivity contribution in [3.8, 4) is 5.75 Å². The van der Waals surface area contributed by atoms with Crippen LogP contribution in [0.25, 0.3) is 0 Å². The Morgan fingerprint density at radius 3 is 2.35 bits per heavy atom. The summed E-state index contributed by atoms with van der Waals surface area (Å²) < 4.78 is 33.4. The molecule has 0 aromatic heterocycles. The quantitative estimate of drug-likeness (QED) is 0.647. The van der Waals surface area contributed by atoms with Gasteiger partial charge < -0.3 is 9.64 Å². The van der Waals surface area contributed by atoms with E-state index in [1.54, 1.807) is 34.5 Å². The van der Waals surface area contributed by atoms with Crippen LogP contribution in [0, 0.1) is 11.8 Å². The predicted molar refractivity (Wildman–Crippen MR) is 122 cm³/mol. The first-order valence-corrected chi connectivity index (χ1v) is 12.2. The molecule has 1 fully saturated rings. The number of ether oxygens (including phenoxy) is 1. The Bertz CT molecular complexity index is 994. The minimum atomic E-state index is -3.63. The summed E-state index contributed by atoms with van der Waals surface area (Å²) in [4.78, 5) is 14.7. The SMILES string of the molecule is CCOc1ccc(CN(C)C(=O)c2cccc(S(=O)(=O)N3CC(C)CC(C)C3)c2)cc1. The zero-order chi connectivity index (χ0) is 22.6. The summed E-state index contributed by atoms with van der Waals surface area (Å²) in [5.74, 6) is 1.22. The van der Waals surface area contributed by atoms with Crippen molar-refractivity contribution < 1.29 is 17.9 Å². The van der Waals surface area contributed by atoms with Crippen LogP contribution in [0.3, 0.4) is 0 Å². The van der Waals surface area contributed by atoms with Gasteiger partial charge in [-0.3, -0.25) is 4.79 Å². The van der Waals surface area contributed by atoms with Crippen LogP contribution in [0.4, 0.5) is 0 Å². The fourth-order valence-electron chi connectivity index (χ4n) is 4.16. The molecule has 1 aliphatic rings. The molecule has 0 radical (unpaired) electrons. The zero-order valence-electron chi connectivity index (χ0n) is 18.7. The van der Waals surface area contributed by atoms with E-state index >= 15 is 0 Å². The van der Waals surface area contributed by atoms with E-state index in [2.05, 4.69) is 13.8 Å². The minimum Gasteiger partial charge on any atom is -0.494 e. The van der Waals surface area contributed by atoms with E-state index in [0.29, 0.717) is 43.6 Å². The van der Waals surface area contributed by atoms with Crippen molar-refractivity contribution in [3.05, 3.63) is 59.7 Å². The normalized spacial score (nSPS) is 19.7. The highest BCUT2D eigenvalue weighted by Crippen LogP contribution is 2.27. The summed E-state index contributed by atoms with van der Waals surface area (Å²) in [5.41, 5.74) is 1.34.